The summed E-state index contributed by atoms with van der Waals surface area (Å²) >= 11 is 1.58. The number of nitrogens with zero attached hydrogens (tertiary/aromatic N) is 3. The van der Waals surface area contributed by atoms with Crippen molar-refractivity contribution in [3.63, 3.8) is 0 Å². The SMILES string of the molecule is CC(C)Cc1cc(-c2[c-]cccc2)ncc1[Si](C)(C)C.Cc1c[c-]c(-c2nc3ccccc3n2-c2cccc3c2oc2ccccc23)c2sc3cc(F)ccc3c12.[Ir]. The molecule has 6 aromatic carbocycles. The normalized spacial score (nSPS) is 11.8. The number of pyridine rings is 1. The van der Waals surface area contributed by atoms with Crippen molar-refractivity contribution in [2.75, 3.05) is 0 Å². The van der Waals surface area contributed by atoms with Crippen LogP contribution in [0.3, 0.4) is 0 Å². The minimum Gasteiger partial charge on any atom is -0.454 e. The van der Waals surface area contributed by atoms with E-state index in [4.69, 9.17) is 9.40 Å². The number of imidazole rings is 1. The van der Waals surface area contributed by atoms with E-state index in [0.717, 1.165) is 93.5 Å². The Labute approximate surface area is 356 Å². The van der Waals surface area contributed by atoms with E-state index in [2.05, 4.69) is 111 Å². The van der Waals surface area contributed by atoms with Crippen LogP contribution in [0.5, 0.6) is 0 Å². The Morgan fingerprint density at radius 2 is 1.62 bits per heavy atom. The number of fused-ring (bicyclic) bond motifs is 7. The second-order valence-electron chi connectivity index (χ2n) is 16.2. The van der Waals surface area contributed by atoms with E-state index in [1.165, 1.54) is 16.8 Å². The smallest absolute Gasteiger partial charge is 0.158 e. The summed E-state index contributed by atoms with van der Waals surface area (Å²) in [6.07, 6.45) is 3.24. The molecule has 0 saturated heterocycles. The van der Waals surface area contributed by atoms with Crippen molar-refractivity contribution in [1.82, 2.24) is 14.5 Å². The summed E-state index contributed by atoms with van der Waals surface area (Å²) in [5.74, 6) is 1.22. The zero-order valence-electron chi connectivity index (χ0n) is 33.3. The summed E-state index contributed by atoms with van der Waals surface area (Å²) < 4.78 is 24.7. The Morgan fingerprint density at radius 1 is 0.845 bits per heavy atom. The number of aromatic nitrogens is 3. The molecule has 58 heavy (non-hydrogen) atoms. The molecule has 0 N–H and O–H groups in total. The Morgan fingerprint density at radius 3 is 2.41 bits per heavy atom. The number of furan rings is 1. The molecule has 10 aromatic rings. The largest absolute Gasteiger partial charge is 0.454 e. The first-order valence-electron chi connectivity index (χ1n) is 19.4. The summed E-state index contributed by atoms with van der Waals surface area (Å²) in [6, 6.07) is 46.7. The van der Waals surface area contributed by atoms with Crippen LogP contribution in [-0.4, -0.2) is 22.6 Å². The van der Waals surface area contributed by atoms with Crippen molar-refractivity contribution >= 4 is 77.7 Å². The molecule has 0 saturated carbocycles. The van der Waals surface area contributed by atoms with Crippen LogP contribution < -0.4 is 5.19 Å². The van der Waals surface area contributed by atoms with Crippen LogP contribution in [0.4, 0.5) is 4.39 Å². The molecule has 8 heteroatoms. The van der Waals surface area contributed by atoms with Gasteiger partial charge in [0.1, 0.15) is 11.4 Å². The van der Waals surface area contributed by atoms with Gasteiger partial charge in [0, 0.05) is 41.8 Å². The van der Waals surface area contributed by atoms with Crippen molar-refractivity contribution in [3.8, 4) is 28.3 Å². The standard InChI is InChI=1S/C32H18FN2OS.C18H24NSi.Ir/c1-18-13-15-23(31-29(18)22-16-14-19(33)17-28(22)37-31)32-34-24-9-3-4-10-25(24)35(32)26-11-6-8-21-20-7-2-5-12-27(20)36-30(21)26;1-14(2)11-16-12-17(15-9-7-6-8-10-15)19-13-18(16)20(3,4)5;/h2-14,16-17H,1H3;6-9,12-14H,11H2,1-5H3;/q2*-1;. The predicted octanol–water partition coefficient (Wildman–Crippen LogP) is 13.5. The van der Waals surface area contributed by atoms with Crippen molar-refractivity contribution in [1.29, 1.82) is 0 Å². The average molecular weight is 972 g/mol. The first kappa shape index (κ1) is 39.6. The minimum absolute atomic E-state index is 0. The van der Waals surface area contributed by atoms with Crippen LogP contribution in [-0.2, 0) is 26.5 Å². The number of aryl methyl sites for hydroxylation is 1. The number of hydrogen-bond donors (Lipinski definition) is 0. The van der Waals surface area contributed by atoms with E-state index >= 15 is 0 Å². The summed E-state index contributed by atoms with van der Waals surface area (Å²) in [7, 11) is -1.34. The van der Waals surface area contributed by atoms with Crippen molar-refractivity contribution in [3.05, 3.63) is 157 Å². The molecule has 0 aliphatic rings. The molecule has 0 aliphatic carbocycles. The van der Waals surface area contributed by atoms with Crippen molar-refractivity contribution in [2.45, 2.75) is 46.8 Å². The van der Waals surface area contributed by atoms with E-state index in [-0.39, 0.29) is 25.9 Å². The number of rotatable bonds is 6. The number of para-hydroxylation sites is 4. The van der Waals surface area contributed by atoms with Crippen LogP contribution in [0.15, 0.2) is 132 Å². The fourth-order valence-electron chi connectivity index (χ4n) is 7.95. The molecule has 4 nitrogen and oxygen atoms in total. The van der Waals surface area contributed by atoms with Crippen LogP contribution in [0.25, 0.3) is 81.5 Å². The Hall–Kier alpha value is -5.24. The van der Waals surface area contributed by atoms with E-state index in [1.54, 1.807) is 17.4 Å². The van der Waals surface area contributed by atoms with E-state index < -0.39 is 8.07 Å². The van der Waals surface area contributed by atoms with Crippen LogP contribution >= 0.6 is 11.3 Å². The monoisotopic (exact) mass is 972 g/mol. The van der Waals surface area contributed by atoms with Gasteiger partial charge >= 0.3 is 0 Å². The van der Waals surface area contributed by atoms with Gasteiger partial charge < -0.3 is 14.0 Å². The number of hydrogen-bond acceptors (Lipinski definition) is 4. The second-order valence-corrected chi connectivity index (χ2v) is 22.2. The molecule has 0 aliphatic heterocycles. The minimum atomic E-state index is -1.34. The average Bonchev–Trinajstić information content (AvgIpc) is 3.90. The van der Waals surface area contributed by atoms with Gasteiger partial charge in [0.05, 0.1) is 30.6 Å². The van der Waals surface area contributed by atoms with Gasteiger partial charge in [0.25, 0.3) is 0 Å². The molecule has 0 amide bonds. The van der Waals surface area contributed by atoms with E-state index in [9.17, 15) is 4.39 Å². The van der Waals surface area contributed by atoms with Gasteiger partial charge in [0.15, 0.2) is 5.58 Å². The summed E-state index contributed by atoms with van der Waals surface area (Å²) in [4.78, 5) is 9.80. The summed E-state index contributed by atoms with van der Waals surface area (Å²) in [6.45, 7) is 13.8. The zero-order chi connectivity index (χ0) is 39.4. The van der Waals surface area contributed by atoms with Crippen molar-refractivity contribution in [2.24, 2.45) is 5.92 Å². The molecule has 0 spiro atoms. The van der Waals surface area contributed by atoms with E-state index in [1.807, 2.05) is 66.7 Å². The summed E-state index contributed by atoms with van der Waals surface area (Å²) in [5.41, 5.74) is 10.1. The van der Waals surface area contributed by atoms with Crippen LogP contribution in [0.1, 0.15) is 25.0 Å². The Balaban J connectivity index is 0.000000191. The quantitative estimate of drug-likeness (QED) is 0.123. The molecule has 4 aromatic heterocycles. The van der Waals surface area contributed by atoms with Gasteiger partial charge in [-0.15, -0.1) is 53.6 Å². The van der Waals surface area contributed by atoms with Crippen molar-refractivity contribution < 1.29 is 28.9 Å². The number of thiophene rings is 1. The molecule has 4 heterocycles. The van der Waals surface area contributed by atoms with Crippen LogP contribution in [0.2, 0.25) is 19.6 Å². The molecule has 1 radical (unpaired) electrons. The Bertz CT molecular complexity index is 3110. The molecular weight excluding hydrogens is 930 g/mol. The third-order valence-electron chi connectivity index (χ3n) is 10.5. The van der Waals surface area contributed by atoms with Gasteiger partial charge in [0.2, 0.25) is 0 Å². The first-order chi connectivity index (χ1) is 27.5. The van der Waals surface area contributed by atoms with Gasteiger partial charge in [-0.1, -0.05) is 112 Å². The number of benzene rings is 6. The molecular formula is C50H42FIrN3OSSi-2. The zero-order valence-corrected chi connectivity index (χ0v) is 37.5. The van der Waals surface area contributed by atoms with Gasteiger partial charge in [-0.2, -0.15) is 11.3 Å². The van der Waals surface area contributed by atoms with Gasteiger partial charge in [-0.25, -0.2) is 4.39 Å². The third kappa shape index (κ3) is 7.24. The third-order valence-corrected chi connectivity index (χ3v) is 13.8. The molecule has 0 atom stereocenters. The number of halogens is 1. The Kier molecular flexibility index (Phi) is 10.8. The molecule has 0 unspecified atom stereocenters. The predicted molar refractivity (Wildman–Crippen MR) is 240 cm³/mol. The first-order valence-corrected chi connectivity index (χ1v) is 23.7. The molecule has 0 bridgehead atoms. The maximum absolute atomic E-state index is 14.1. The second kappa shape index (κ2) is 15.8. The summed E-state index contributed by atoms with van der Waals surface area (Å²) in [5, 5.41) is 5.81. The van der Waals surface area contributed by atoms with Gasteiger partial charge in [-0.05, 0) is 69.7 Å². The maximum atomic E-state index is 14.1. The topological polar surface area (TPSA) is 43.9 Å². The fourth-order valence-corrected chi connectivity index (χ4v) is 10.8. The maximum Gasteiger partial charge on any atom is 0.158 e. The van der Waals surface area contributed by atoms with Crippen LogP contribution in [0, 0.1) is 30.8 Å². The molecule has 10 rings (SSSR count). The molecule has 291 valence electrons. The van der Waals surface area contributed by atoms with Gasteiger partial charge in [-0.3, -0.25) is 4.98 Å². The fraction of sp³-hybridized carbons (Fsp3) is 0.160. The molecule has 0 fully saturated rings. The van der Waals surface area contributed by atoms with E-state index in [0.29, 0.717) is 5.92 Å².